The van der Waals surface area contributed by atoms with Gasteiger partial charge in [0.15, 0.2) is 12.2 Å². The molecule has 124 valence electrons. The number of fused-ring (bicyclic) bond motifs is 1. The maximum absolute atomic E-state index is 9.77. The van der Waals surface area contributed by atoms with Gasteiger partial charge in [0, 0.05) is 11.4 Å². The quantitative estimate of drug-likeness (QED) is 0.484. The lowest BCUT2D eigenvalue weighted by Gasteiger charge is -2.22. The van der Waals surface area contributed by atoms with E-state index in [0.717, 1.165) is 19.6 Å². The molecule has 1 aromatic rings. The van der Waals surface area contributed by atoms with E-state index in [9.17, 15) is 9.59 Å². The minimum atomic E-state index is -2.27. The first kappa shape index (κ1) is 18.5. The molecule has 0 amide bonds. The molecule has 2 heterocycles. The summed E-state index contributed by atoms with van der Waals surface area (Å²) in [6.45, 7) is 1.80. The van der Waals surface area contributed by atoms with Crippen LogP contribution in [0.25, 0.3) is 0 Å². The molecule has 9 heteroatoms. The van der Waals surface area contributed by atoms with Crippen LogP contribution >= 0.6 is 11.3 Å². The first-order chi connectivity index (χ1) is 10.4. The number of aliphatic hydroxyl groups is 2. The standard InChI is InChI=1S/C9H13NOS.C4H6O6/c1-10-6-8-9-7(2-4-11-8)3-5-12-9;5-1(3(7)8)2(6)4(9)10/h3,5,8,10H,2,4,6H2,1H3;1-2,5-6H,(H,7,8)(H,9,10)/t8-;/m0./s1. The highest BCUT2D eigenvalue weighted by atomic mass is 32.1. The fourth-order valence-electron chi connectivity index (χ4n) is 1.83. The second kappa shape index (κ2) is 8.81. The van der Waals surface area contributed by atoms with E-state index < -0.39 is 24.1 Å². The van der Waals surface area contributed by atoms with Crippen molar-refractivity contribution in [1.29, 1.82) is 0 Å². The molecule has 0 saturated carbocycles. The summed E-state index contributed by atoms with van der Waals surface area (Å²) in [6.07, 6.45) is -3.16. The number of carboxylic acid groups (broad SMARTS) is 2. The molecule has 0 saturated heterocycles. The molecule has 0 aliphatic carbocycles. The molecule has 1 aliphatic heterocycles. The fraction of sp³-hybridized carbons (Fsp3) is 0.538. The molecule has 22 heavy (non-hydrogen) atoms. The van der Waals surface area contributed by atoms with Crippen LogP contribution in [0, 0.1) is 0 Å². The van der Waals surface area contributed by atoms with Crippen molar-refractivity contribution in [2.75, 3.05) is 20.2 Å². The number of rotatable bonds is 5. The van der Waals surface area contributed by atoms with Crippen LogP contribution in [0.5, 0.6) is 0 Å². The van der Waals surface area contributed by atoms with Crippen LogP contribution < -0.4 is 5.32 Å². The highest BCUT2D eigenvalue weighted by Gasteiger charge is 2.29. The van der Waals surface area contributed by atoms with Crippen molar-refractivity contribution in [2.24, 2.45) is 0 Å². The number of ether oxygens (including phenoxy) is 1. The maximum Gasteiger partial charge on any atom is 0.335 e. The summed E-state index contributed by atoms with van der Waals surface area (Å²) < 4.78 is 5.65. The summed E-state index contributed by atoms with van der Waals surface area (Å²) >= 11 is 1.81. The van der Waals surface area contributed by atoms with Crippen LogP contribution in [-0.2, 0) is 20.7 Å². The van der Waals surface area contributed by atoms with E-state index in [1.165, 1.54) is 10.4 Å². The van der Waals surface area contributed by atoms with Crippen LogP contribution in [0.15, 0.2) is 11.4 Å². The minimum absolute atomic E-state index is 0.291. The molecule has 2 unspecified atom stereocenters. The number of aliphatic carboxylic acids is 2. The molecule has 1 aliphatic rings. The Labute approximate surface area is 131 Å². The Morgan fingerprint density at radius 3 is 2.45 bits per heavy atom. The monoisotopic (exact) mass is 333 g/mol. The van der Waals surface area contributed by atoms with Crippen LogP contribution in [-0.4, -0.2) is 64.8 Å². The zero-order valence-electron chi connectivity index (χ0n) is 11.9. The first-order valence-corrected chi connectivity index (χ1v) is 7.40. The fourth-order valence-corrected chi connectivity index (χ4v) is 2.83. The van der Waals surface area contributed by atoms with Gasteiger partial charge in [-0.1, -0.05) is 0 Å². The summed E-state index contributed by atoms with van der Waals surface area (Å²) in [5, 5.41) is 37.8. The second-order valence-corrected chi connectivity index (χ2v) is 5.49. The van der Waals surface area contributed by atoms with Gasteiger partial charge in [-0.2, -0.15) is 0 Å². The SMILES string of the molecule is CNC[C@@H]1OCCc2ccsc21.O=C(O)C(O)C(O)C(=O)O. The number of hydrogen-bond donors (Lipinski definition) is 5. The van der Waals surface area contributed by atoms with Crippen molar-refractivity contribution in [1.82, 2.24) is 5.32 Å². The number of nitrogens with one attached hydrogen (secondary N) is 1. The van der Waals surface area contributed by atoms with Crippen LogP contribution in [0.3, 0.4) is 0 Å². The summed E-state index contributed by atoms with van der Waals surface area (Å²) in [6, 6.07) is 2.21. The normalized spacial score (nSPS) is 19.3. The maximum atomic E-state index is 9.77. The number of aliphatic hydroxyl groups excluding tert-OH is 2. The summed E-state index contributed by atoms with van der Waals surface area (Å²) in [5.74, 6) is -3.54. The van der Waals surface area contributed by atoms with Gasteiger partial charge < -0.3 is 30.5 Å². The van der Waals surface area contributed by atoms with E-state index in [-0.39, 0.29) is 0 Å². The van der Waals surface area contributed by atoms with Crippen molar-refractivity contribution in [2.45, 2.75) is 24.7 Å². The predicted octanol–water partition coefficient (Wildman–Crippen LogP) is -0.541. The van der Waals surface area contributed by atoms with Gasteiger partial charge in [-0.15, -0.1) is 11.3 Å². The Morgan fingerprint density at radius 2 is 1.95 bits per heavy atom. The molecule has 0 spiro atoms. The largest absolute Gasteiger partial charge is 0.479 e. The minimum Gasteiger partial charge on any atom is -0.479 e. The zero-order valence-corrected chi connectivity index (χ0v) is 12.7. The third kappa shape index (κ3) is 5.04. The molecule has 5 N–H and O–H groups in total. The van der Waals surface area contributed by atoms with Crippen LogP contribution in [0.2, 0.25) is 0 Å². The number of carboxylic acids is 2. The summed E-state index contributed by atoms with van der Waals surface area (Å²) in [4.78, 5) is 21.0. The Morgan fingerprint density at radius 1 is 1.36 bits per heavy atom. The van der Waals surface area contributed by atoms with Gasteiger partial charge in [-0.05, 0) is 30.5 Å². The van der Waals surface area contributed by atoms with E-state index in [1.807, 2.05) is 18.4 Å². The Bertz CT molecular complexity index is 486. The van der Waals surface area contributed by atoms with Gasteiger partial charge in [-0.3, -0.25) is 0 Å². The van der Waals surface area contributed by atoms with E-state index in [1.54, 1.807) is 0 Å². The number of likely N-dealkylation sites (N-methyl/N-ethyl adjacent to an activating group) is 1. The molecule has 2 rings (SSSR count). The first-order valence-electron chi connectivity index (χ1n) is 6.52. The summed E-state index contributed by atoms with van der Waals surface area (Å²) in [5.41, 5.74) is 1.48. The van der Waals surface area contributed by atoms with Crippen molar-refractivity contribution in [3.8, 4) is 0 Å². The Hall–Kier alpha value is -1.52. The lowest BCUT2D eigenvalue weighted by Crippen LogP contribution is -2.39. The van der Waals surface area contributed by atoms with Crippen molar-refractivity contribution in [3.63, 3.8) is 0 Å². The van der Waals surface area contributed by atoms with Gasteiger partial charge >= 0.3 is 11.9 Å². The number of carbonyl (C=O) groups is 2. The van der Waals surface area contributed by atoms with E-state index in [2.05, 4.69) is 16.8 Å². The summed E-state index contributed by atoms with van der Waals surface area (Å²) in [7, 11) is 1.96. The van der Waals surface area contributed by atoms with Crippen molar-refractivity contribution < 1.29 is 34.8 Å². The van der Waals surface area contributed by atoms with Crippen LogP contribution in [0.4, 0.5) is 0 Å². The van der Waals surface area contributed by atoms with Gasteiger partial charge in [-0.25, -0.2) is 9.59 Å². The third-order valence-electron chi connectivity index (χ3n) is 2.96. The highest BCUT2D eigenvalue weighted by Crippen LogP contribution is 2.30. The predicted molar refractivity (Wildman–Crippen MR) is 77.9 cm³/mol. The molecule has 1 aromatic heterocycles. The van der Waals surface area contributed by atoms with Crippen LogP contribution in [0.1, 0.15) is 16.5 Å². The van der Waals surface area contributed by atoms with Gasteiger partial charge in [0.25, 0.3) is 0 Å². The van der Waals surface area contributed by atoms with Gasteiger partial charge in [0.1, 0.15) is 6.10 Å². The van der Waals surface area contributed by atoms with Crippen molar-refractivity contribution in [3.05, 3.63) is 21.9 Å². The molecule has 0 aromatic carbocycles. The lowest BCUT2D eigenvalue weighted by molar-refractivity contribution is -0.165. The van der Waals surface area contributed by atoms with Gasteiger partial charge in [0.2, 0.25) is 0 Å². The number of thiophene rings is 1. The molecule has 0 bridgehead atoms. The Kier molecular flexibility index (Phi) is 7.42. The molecule has 3 atom stereocenters. The molecular formula is C13H19NO7S. The average molecular weight is 333 g/mol. The van der Waals surface area contributed by atoms with Crippen molar-refractivity contribution >= 4 is 23.3 Å². The molecular weight excluding hydrogens is 314 g/mol. The van der Waals surface area contributed by atoms with E-state index in [0.29, 0.717) is 6.10 Å². The number of hydrogen-bond acceptors (Lipinski definition) is 7. The molecule has 0 fully saturated rings. The van der Waals surface area contributed by atoms with E-state index >= 15 is 0 Å². The highest BCUT2D eigenvalue weighted by molar-refractivity contribution is 7.10. The average Bonchev–Trinajstić information content (AvgIpc) is 2.96. The molecule has 0 radical (unpaired) electrons. The topological polar surface area (TPSA) is 136 Å². The molecule has 8 nitrogen and oxygen atoms in total. The van der Waals surface area contributed by atoms with Gasteiger partial charge in [0.05, 0.1) is 6.61 Å². The second-order valence-electron chi connectivity index (χ2n) is 4.54. The lowest BCUT2D eigenvalue weighted by atomic mass is 10.1. The van der Waals surface area contributed by atoms with E-state index in [4.69, 9.17) is 25.2 Å². The Balaban J connectivity index is 0.000000225. The zero-order chi connectivity index (χ0) is 16.7. The smallest absolute Gasteiger partial charge is 0.335 e. The third-order valence-corrected chi connectivity index (χ3v) is 4.01.